The summed E-state index contributed by atoms with van der Waals surface area (Å²) in [7, 11) is 0. The molecular formula is C24H28FN3O. The Morgan fingerprint density at radius 3 is 2.55 bits per heavy atom. The summed E-state index contributed by atoms with van der Waals surface area (Å²) in [6.07, 6.45) is 5.57. The van der Waals surface area contributed by atoms with Crippen molar-refractivity contribution < 1.29 is 9.18 Å². The number of aromatic nitrogens is 2. The number of halogens is 1. The lowest BCUT2D eigenvalue weighted by molar-refractivity contribution is -0.136. The van der Waals surface area contributed by atoms with Crippen LogP contribution in [-0.2, 0) is 11.2 Å². The summed E-state index contributed by atoms with van der Waals surface area (Å²) in [6, 6.07) is 9.52. The molecule has 0 saturated carbocycles. The molecule has 1 fully saturated rings. The zero-order valence-electron chi connectivity index (χ0n) is 17.6. The molecule has 0 bridgehead atoms. The number of aryl methyl sites for hydroxylation is 2. The van der Waals surface area contributed by atoms with Crippen LogP contribution in [0.5, 0.6) is 0 Å². The van der Waals surface area contributed by atoms with Gasteiger partial charge in [0.15, 0.2) is 0 Å². The number of hydrogen-bond donors (Lipinski definition) is 0. The van der Waals surface area contributed by atoms with Crippen molar-refractivity contribution in [2.45, 2.75) is 65.5 Å². The normalized spacial score (nSPS) is 19.7. The molecule has 2 unspecified atom stereocenters. The van der Waals surface area contributed by atoms with Gasteiger partial charge in [0.05, 0.1) is 17.8 Å². The average Bonchev–Trinajstić information content (AvgIpc) is 3.01. The Morgan fingerprint density at radius 1 is 1.14 bits per heavy atom. The summed E-state index contributed by atoms with van der Waals surface area (Å²) < 4.78 is 15.8. The van der Waals surface area contributed by atoms with Gasteiger partial charge in [0.1, 0.15) is 11.5 Å². The van der Waals surface area contributed by atoms with E-state index in [1.54, 1.807) is 13.0 Å². The Kier molecular flexibility index (Phi) is 5.15. The van der Waals surface area contributed by atoms with Crippen LogP contribution in [0.15, 0.2) is 36.5 Å². The van der Waals surface area contributed by atoms with E-state index in [9.17, 15) is 9.18 Å². The quantitative estimate of drug-likeness (QED) is 0.622. The van der Waals surface area contributed by atoms with E-state index in [4.69, 9.17) is 4.98 Å². The number of hydrogen-bond acceptors (Lipinski definition) is 2. The van der Waals surface area contributed by atoms with Gasteiger partial charge in [-0.15, -0.1) is 0 Å². The second kappa shape index (κ2) is 7.62. The number of imidazole rings is 1. The first-order chi connectivity index (χ1) is 13.8. The summed E-state index contributed by atoms with van der Waals surface area (Å²) in [5, 5.41) is 0. The fourth-order valence-corrected chi connectivity index (χ4v) is 4.54. The number of benzene rings is 1. The molecule has 5 heteroatoms. The molecule has 4 nitrogen and oxygen atoms in total. The van der Waals surface area contributed by atoms with Crippen LogP contribution in [0, 0.1) is 19.7 Å². The summed E-state index contributed by atoms with van der Waals surface area (Å²) in [5.74, 6) is -0.102. The minimum Gasteiger partial charge on any atom is -0.337 e. The topological polar surface area (TPSA) is 37.6 Å². The second-order valence-electron chi connectivity index (χ2n) is 8.41. The monoisotopic (exact) mass is 393 g/mol. The van der Waals surface area contributed by atoms with Crippen LogP contribution in [-0.4, -0.2) is 32.3 Å². The number of pyridine rings is 1. The Balaban J connectivity index is 1.80. The van der Waals surface area contributed by atoms with Crippen LogP contribution >= 0.6 is 0 Å². The molecule has 29 heavy (non-hydrogen) atoms. The van der Waals surface area contributed by atoms with Crippen molar-refractivity contribution in [3.8, 4) is 11.3 Å². The first-order valence-electron chi connectivity index (χ1n) is 10.4. The maximum Gasteiger partial charge on any atom is 0.229 e. The van der Waals surface area contributed by atoms with Gasteiger partial charge in [-0.2, -0.15) is 0 Å². The molecule has 2 atom stereocenters. The number of rotatable bonds is 3. The number of amides is 1. The molecule has 0 aliphatic carbocycles. The van der Waals surface area contributed by atoms with Crippen LogP contribution in [0.4, 0.5) is 4.39 Å². The van der Waals surface area contributed by atoms with Crippen molar-refractivity contribution in [1.82, 2.24) is 14.3 Å². The largest absolute Gasteiger partial charge is 0.337 e. The van der Waals surface area contributed by atoms with Gasteiger partial charge in [0.2, 0.25) is 5.91 Å². The van der Waals surface area contributed by atoms with Gasteiger partial charge in [-0.3, -0.25) is 4.79 Å². The lowest BCUT2D eigenvalue weighted by Gasteiger charge is -2.39. The molecule has 1 amide bonds. The average molecular weight is 394 g/mol. The highest BCUT2D eigenvalue weighted by atomic mass is 19.1. The predicted molar refractivity (Wildman–Crippen MR) is 113 cm³/mol. The minimum absolute atomic E-state index is 0.132. The highest BCUT2D eigenvalue weighted by molar-refractivity contribution is 5.82. The smallest absolute Gasteiger partial charge is 0.229 e. The number of fused-ring (bicyclic) bond motifs is 1. The maximum atomic E-state index is 13.8. The lowest BCUT2D eigenvalue weighted by Crippen LogP contribution is -2.48. The first kappa shape index (κ1) is 19.6. The van der Waals surface area contributed by atoms with E-state index >= 15 is 0 Å². The number of carbonyl (C=O) groups excluding carboxylic acids is 1. The molecule has 4 rings (SSSR count). The van der Waals surface area contributed by atoms with Crippen molar-refractivity contribution in [2.75, 3.05) is 0 Å². The molecule has 3 aromatic rings. The van der Waals surface area contributed by atoms with Gasteiger partial charge < -0.3 is 9.30 Å². The van der Waals surface area contributed by atoms with E-state index < -0.39 is 0 Å². The van der Waals surface area contributed by atoms with E-state index in [1.165, 1.54) is 12.5 Å². The van der Waals surface area contributed by atoms with Crippen LogP contribution in [0.25, 0.3) is 16.9 Å². The molecule has 3 heterocycles. The molecule has 0 radical (unpaired) electrons. The van der Waals surface area contributed by atoms with E-state index in [-0.39, 0.29) is 30.2 Å². The number of nitrogens with zero attached hydrogens (tertiary/aromatic N) is 3. The second-order valence-corrected chi connectivity index (χ2v) is 8.41. The zero-order valence-corrected chi connectivity index (χ0v) is 17.6. The Hall–Kier alpha value is -2.69. The van der Waals surface area contributed by atoms with E-state index in [0.29, 0.717) is 5.56 Å². The number of piperidine rings is 1. The fraction of sp³-hybridized carbons (Fsp3) is 0.417. The van der Waals surface area contributed by atoms with Crippen LogP contribution < -0.4 is 0 Å². The van der Waals surface area contributed by atoms with Gasteiger partial charge in [0.25, 0.3) is 0 Å². The third kappa shape index (κ3) is 3.66. The molecule has 0 N–H and O–H groups in total. The molecule has 1 aliphatic heterocycles. The standard InChI is InChI=1S/C24H28FN3O/c1-15-8-11-22-26-24(19-9-10-20(25)16(2)12-19)21(27(22)14-15)13-23(29)28-17(3)6-5-7-18(28)4/h8-12,14,17-18H,5-7,13H2,1-4H3. The van der Waals surface area contributed by atoms with Crippen molar-refractivity contribution in [1.29, 1.82) is 0 Å². The summed E-state index contributed by atoms with van der Waals surface area (Å²) in [6.45, 7) is 8.05. The van der Waals surface area contributed by atoms with Crippen LogP contribution in [0.3, 0.4) is 0 Å². The van der Waals surface area contributed by atoms with E-state index in [2.05, 4.69) is 13.8 Å². The van der Waals surface area contributed by atoms with Gasteiger partial charge in [0, 0.05) is 23.8 Å². The van der Waals surface area contributed by atoms with E-state index in [1.807, 2.05) is 40.6 Å². The van der Waals surface area contributed by atoms with Gasteiger partial charge >= 0.3 is 0 Å². The molecule has 1 aromatic carbocycles. The van der Waals surface area contributed by atoms with Crippen molar-refractivity contribution >= 4 is 11.6 Å². The Labute approximate surface area is 171 Å². The SMILES string of the molecule is Cc1ccc2nc(-c3ccc(F)c(C)c3)c(CC(=O)N3C(C)CCCC3C)n2c1. The summed E-state index contributed by atoms with van der Waals surface area (Å²) in [5.41, 5.74) is 4.94. The van der Waals surface area contributed by atoms with Crippen molar-refractivity contribution in [3.05, 3.63) is 59.2 Å². The van der Waals surface area contributed by atoms with Gasteiger partial charge in [-0.1, -0.05) is 6.07 Å². The molecule has 1 aliphatic rings. The highest BCUT2D eigenvalue weighted by Crippen LogP contribution is 2.29. The Bertz CT molecular complexity index is 1060. The number of likely N-dealkylation sites (tertiary alicyclic amines) is 1. The lowest BCUT2D eigenvalue weighted by atomic mass is 9.96. The Morgan fingerprint density at radius 2 is 1.86 bits per heavy atom. The zero-order chi connectivity index (χ0) is 20.7. The third-order valence-electron chi connectivity index (χ3n) is 6.10. The molecule has 1 saturated heterocycles. The minimum atomic E-state index is -0.234. The maximum absolute atomic E-state index is 13.8. The van der Waals surface area contributed by atoms with Gasteiger partial charge in [-0.25, -0.2) is 9.37 Å². The van der Waals surface area contributed by atoms with Crippen molar-refractivity contribution in [2.24, 2.45) is 0 Å². The fourth-order valence-electron chi connectivity index (χ4n) is 4.54. The van der Waals surface area contributed by atoms with Crippen LogP contribution in [0.2, 0.25) is 0 Å². The summed E-state index contributed by atoms with van der Waals surface area (Å²) >= 11 is 0. The molecule has 0 spiro atoms. The summed E-state index contributed by atoms with van der Waals surface area (Å²) in [4.78, 5) is 20.2. The molecular weight excluding hydrogens is 365 g/mol. The third-order valence-corrected chi connectivity index (χ3v) is 6.10. The molecule has 2 aromatic heterocycles. The van der Waals surface area contributed by atoms with Crippen molar-refractivity contribution in [3.63, 3.8) is 0 Å². The molecule has 152 valence electrons. The van der Waals surface area contributed by atoms with E-state index in [0.717, 1.165) is 41.0 Å². The highest BCUT2D eigenvalue weighted by Gasteiger charge is 2.30. The van der Waals surface area contributed by atoms with Gasteiger partial charge in [-0.05, 0) is 82.3 Å². The van der Waals surface area contributed by atoms with Crippen LogP contribution in [0.1, 0.15) is 49.9 Å². The first-order valence-corrected chi connectivity index (χ1v) is 10.4. The number of carbonyl (C=O) groups is 1. The predicted octanol–water partition coefficient (Wildman–Crippen LogP) is 5.09.